The van der Waals surface area contributed by atoms with Crippen molar-refractivity contribution < 1.29 is 32.5 Å². The number of carbonyl (C=O) groups excluding carboxylic acids is 1. The van der Waals surface area contributed by atoms with Crippen molar-refractivity contribution >= 4 is 17.3 Å². The molecular weight excluding hydrogens is 401 g/mol. The van der Waals surface area contributed by atoms with Gasteiger partial charge in [-0.25, -0.2) is 0 Å². The van der Waals surface area contributed by atoms with E-state index in [1.54, 1.807) is 6.07 Å². The Kier molecular flexibility index (Phi) is 6.40. The SMILES string of the molecule is Nc1cc(N)c(C2CCC(OCc3ccc(OC(F)(F)F)cc3)CC2)c(C(=O)[O-])c1. The first-order valence-corrected chi connectivity index (χ1v) is 9.49. The van der Waals surface area contributed by atoms with Crippen molar-refractivity contribution in [3.8, 4) is 5.75 Å². The average Bonchev–Trinajstić information content (AvgIpc) is 2.66. The highest BCUT2D eigenvalue weighted by molar-refractivity contribution is 5.91. The van der Waals surface area contributed by atoms with Crippen molar-refractivity contribution in [1.82, 2.24) is 0 Å². The fraction of sp³-hybridized carbons (Fsp3) is 0.381. The molecule has 0 unspecified atom stereocenters. The minimum Gasteiger partial charge on any atom is -0.545 e. The van der Waals surface area contributed by atoms with Crippen LogP contribution in [0.25, 0.3) is 0 Å². The summed E-state index contributed by atoms with van der Waals surface area (Å²) >= 11 is 0. The van der Waals surface area contributed by atoms with Crippen molar-refractivity contribution in [2.24, 2.45) is 0 Å². The van der Waals surface area contributed by atoms with E-state index >= 15 is 0 Å². The van der Waals surface area contributed by atoms with Gasteiger partial charge in [0.15, 0.2) is 0 Å². The molecular formula is C21H22F3N2O4-. The van der Waals surface area contributed by atoms with Gasteiger partial charge in [0.25, 0.3) is 0 Å². The van der Waals surface area contributed by atoms with Gasteiger partial charge in [-0.3, -0.25) is 0 Å². The second-order valence-corrected chi connectivity index (χ2v) is 7.34. The van der Waals surface area contributed by atoms with E-state index in [9.17, 15) is 23.1 Å². The van der Waals surface area contributed by atoms with Gasteiger partial charge in [0.2, 0.25) is 0 Å². The zero-order valence-electron chi connectivity index (χ0n) is 16.1. The first-order chi connectivity index (χ1) is 14.1. The van der Waals surface area contributed by atoms with Crippen LogP contribution in [0.1, 0.15) is 53.1 Å². The van der Waals surface area contributed by atoms with E-state index < -0.39 is 12.3 Å². The molecule has 1 fully saturated rings. The molecule has 0 heterocycles. The Hall–Kier alpha value is -2.94. The molecule has 4 N–H and O–H groups in total. The number of nitrogens with two attached hydrogens (primary N) is 2. The number of anilines is 2. The van der Waals surface area contributed by atoms with Crippen LogP contribution in [-0.4, -0.2) is 18.4 Å². The Morgan fingerprint density at radius 3 is 2.27 bits per heavy atom. The van der Waals surface area contributed by atoms with Gasteiger partial charge in [0.05, 0.1) is 18.7 Å². The molecule has 0 spiro atoms. The standard InChI is InChI=1S/C21H23F3N2O4/c22-21(23,24)30-16-5-1-12(2-6-16)11-29-15-7-3-13(4-8-15)19-17(20(27)28)9-14(25)10-18(19)26/h1-2,5-6,9-10,13,15H,3-4,7-8,11,25-26H2,(H,27,28)/p-1. The molecule has 1 aliphatic carbocycles. The quantitative estimate of drug-likeness (QED) is 0.690. The molecule has 0 radical (unpaired) electrons. The zero-order chi connectivity index (χ0) is 21.9. The molecule has 6 nitrogen and oxygen atoms in total. The summed E-state index contributed by atoms with van der Waals surface area (Å²) in [6.07, 6.45) is -1.96. The van der Waals surface area contributed by atoms with Gasteiger partial charge in [-0.05, 0) is 67.0 Å². The Balaban J connectivity index is 1.55. The molecule has 0 amide bonds. The molecule has 1 aliphatic rings. The fourth-order valence-corrected chi connectivity index (χ4v) is 3.84. The maximum atomic E-state index is 12.2. The van der Waals surface area contributed by atoms with Gasteiger partial charge in [-0.15, -0.1) is 13.2 Å². The normalized spacial score (nSPS) is 19.4. The second-order valence-electron chi connectivity index (χ2n) is 7.34. The smallest absolute Gasteiger partial charge is 0.545 e. The molecule has 3 rings (SSSR count). The minimum absolute atomic E-state index is 0.0260. The number of hydrogen-bond donors (Lipinski definition) is 2. The highest BCUT2D eigenvalue weighted by atomic mass is 19.4. The number of ether oxygens (including phenoxy) is 2. The third-order valence-corrected chi connectivity index (χ3v) is 5.18. The number of nitrogen functional groups attached to an aromatic ring is 2. The summed E-state index contributed by atoms with van der Waals surface area (Å²) in [4.78, 5) is 11.5. The second kappa shape index (κ2) is 8.83. The minimum atomic E-state index is -4.72. The van der Waals surface area contributed by atoms with Crippen LogP contribution in [-0.2, 0) is 11.3 Å². The van der Waals surface area contributed by atoms with Crippen LogP contribution >= 0.6 is 0 Å². The molecule has 30 heavy (non-hydrogen) atoms. The van der Waals surface area contributed by atoms with Gasteiger partial charge >= 0.3 is 6.36 Å². The van der Waals surface area contributed by atoms with Gasteiger partial charge in [-0.2, -0.15) is 0 Å². The number of rotatable bonds is 6. The first kappa shape index (κ1) is 21.8. The summed E-state index contributed by atoms with van der Waals surface area (Å²) in [7, 11) is 0. The first-order valence-electron chi connectivity index (χ1n) is 9.49. The van der Waals surface area contributed by atoms with Crippen molar-refractivity contribution in [2.45, 2.75) is 50.7 Å². The molecule has 162 valence electrons. The summed E-state index contributed by atoms with van der Waals surface area (Å²) in [6.45, 7) is 0.260. The summed E-state index contributed by atoms with van der Waals surface area (Å²) in [6, 6.07) is 8.46. The summed E-state index contributed by atoms with van der Waals surface area (Å²) in [5.74, 6) is -1.62. The molecule has 2 aromatic rings. The Morgan fingerprint density at radius 1 is 1.07 bits per heavy atom. The van der Waals surface area contributed by atoms with E-state index in [1.807, 2.05) is 0 Å². The number of hydrogen-bond acceptors (Lipinski definition) is 6. The molecule has 9 heteroatoms. The van der Waals surface area contributed by atoms with Crippen LogP contribution in [0.2, 0.25) is 0 Å². The van der Waals surface area contributed by atoms with Gasteiger partial charge in [-0.1, -0.05) is 12.1 Å². The largest absolute Gasteiger partial charge is 0.573 e. The van der Waals surface area contributed by atoms with Crippen LogP contribution < -0.4 is 21.3 Å². The number of carbonyl (C=O) groups is 1. The van der Waals surface area contributed by atoms with Crippen molar-refractivity contribution in [1.29, 1.82) is 0 Å². The predicted octanol–water partition coefficient (Wildman–Crippen LogP) is 3.36. The lowest BCUT2D eigenvalue weighted by Gasteiger charge is -2.31. The lowest BCUT2D eigenvalue weighted by atomic mass is 9.80. The van der Waals surface area contributed by atoms with Crippen molar-refractivity contribution in [3.63, 3.8) is 0 Å². The van der Waals surface area contributed by atoms with E-state index in [0.717, 1.165) is 5.56 Å². The summed E-state index contributed by atoms with van der Waals surface area (Å²) in [5, 5.41) is 11.5. The average molecular weight is 423 g/mol. The maximum absolute atomic E-state index is 12.2. The monoisotopic (exact) mass is 423 g/mol. The van der Waals surface area contributed by atoms with E-state index in [2.05, 4.69) is 4.74 Å². The zero-order valence-corrected chi connectivity index (χ0v) is 16.1. The molecule has 2 aromatic carbocycles. The number of halogens is 3. The predicted molar refractivity (Wildman–Crippen MR) is 103 cm³/mol. The molecule has 0 saturated heterocycles. The lowest BCUT2D eigenvalue weighted by Crippen LogP contribution is -2.27. The Morgan fingerprint density at radius 2 is 1.70 bits per heavy atom. The molecule has 0 aromatic heterocycles. The van der Waals surface area contributed by atoms with E-state index in [1.165, 1.54) is 30.3 Å². The number of benzene rings is 2. The van der Waals surface area contributed by atoms with E-state index in [4.69, 9.17) is 16.2 Å². The highest BCUT2D eigenvalue weighted by Gasteiger charge is 2.31. The van der Waals surface area contributed by atoms with Gasteiger partial charge in [0, 0.05) is 16.9 Å². The van der Waals surface area contributed by atoms with Crippen LogP contribution in [0.4, 0.5) is 24.5 Å². The van der Waals surface area contributed by atoms with Crippen LogP contribution in [0.3, 0.4) is 0 Å². The topological polar surface area (TPSA) is 111 Å². The van der Waals surface area contributed by atoms with Crippen LogP contribution in [0, 0.1) is 0 Å². The molecule has 0 atom stereocenters. The van der Waals surface area contributed by atoms with Crippen LogP contribution in [0.5, 0.6) is 5.75 Å². The number of carboxylic acid groups (broad SMARTS) is 1. The third kappa shape index (κ3) is 5.56. The summed E-state index contributed by atoms with van der Waals surface area (Å²) < 4.78 is 46.3. The lowest BCUT2D eigenvalue weighted by molar-refractivity contribution is -0.274. The fourth-order valence-electron chi connectivity index (χ4n) is 3.84. The number of aromatic carboxylic acids is 1. The Bertz CT molecular complexity index is 892. The summed E-state index contributed by atoms with van der Waals surface area (Å²) in [5.41, 5.74) is 13.7. The highest BCUT2D eigenvalue weighted by Crippen LogP contribution is 2.39. The molecule has 1 saturated carbocycles. The van der Waals surface area contributed by atoms with E-state index in [0.29, 0.717) is 36.9 Å². The molecule has 0 aliphatic heterocycles. The van der Waals surface area contributed by atoms with Crippen molar-refractivity contribution in [2.75, 3.05) is 11.5 Å². The molecule has 0 bridgehead atoms. The van der Waals surface area contributed by atoms with Gasteiger partial charge in [0.1, 0.15) is 5.75 Å². The maximum Gasteiger partial charge on any atom is 0.573 e. The Labute approximate surface area is 171 Å². The van der Waals surface area contributed by atoms with E-state index in [-0.39, 0.29) is 35.6 Å². The number of alkyl halides is 3. The third-order valence-electron chi connectivity index (χ3n) is 5.18. The van der Waals surface area contributed by atoms with Crippen molar-refractivity contribution in [3.05, 3.63) is 53.1 Å². The van der Waals surface area contributed by atoms with Crippen LogP contribution in [0.15, 0.2) is 36.4 Å². The van der Waals surface area contributed by atoms with Gasteiger partial charge < -0.3 is 30.8 Å². The number of carboxylic acids is 1.